The summed E-state index contributed by atoms with van der Waals surface area (Å²) in [5.41, 5.74) is -1.27. The second-order valence-electron chi connectivity index (χ2n) is 5.87. The molecule has 7 heteroatoms. The number of ether oxygens (including phenoxy) is 1. The summed E-state index contributed by atoms with van der Waals surface area (Å²) in [6.45, 7) is 0.0678. The number of hydrogen-bond donors (Lipinski definition) is 1. The first kappa shape index (κ1) is 16.9. The summed E-state index contributed by atoms with van der Waals surface area (Å²) < 4.78 is 45.1. The molecule has 2 aromatic carbocycles. The molecule has 24 heavy (non-hydrogen) atoms. The largest absolute Gasteiger partial charge is 0.491 e. The minimum atomic E-state index is -3.84. The number of hydrogen-bond acceptors (Lipinski definition) is 4. The van der Waals surface area contributed by atoms with E-state index in [1.165, 1.54) is 18.2 Å². The van der Waals surface area contributed by atoms with E-state index in [0.717, 1.165) is 10.4 Å². The van der Waals surface area contributed by atoms with Crippen LogP contribution in [0.15, 0.2) is 59.5 Å². The third kappa shape index (κ3) is 3.58. The van der Waals surface area contributed by atoms with E-state index < -0.39 is 21.4 Å². The van der Waals surface area contributed by atoms with E-state index in [-0.39, 0.29) is 31.0 Å². The highest BCUT2D eigenvalue weighted by molar-refractivity contribution is 7.89. The first-order chi connectivity index (χ1) is 11.4. The fourth-order valence-electron chi connectivity index (χ4n) is 2.65. The molecular weight excluding hydrogens is 333 g/mol. The fourth-order valence-corrected chi connectivity index (χ4v) is 4.21. The maximum Gasteiger partial charge on any atom is 0.243 e. The SMILES string of the molecule is O=S(=O)(c1cccc(F)c1)N1CCC(O)(COc2ccccc2)C1. The maximum atomic E-state index is 13.3. The molecule has 0 amide bonds. The van der Waals surface area contributed by atoms with Crippen molar-refractivity contribution in [2.24, 2.45) is 0 Å². The molecule has 1 fully saturated rings. The second kappa shape index (κ2) is 6.51. The topological polar surface area (TPSA) is 66.8 Å². The Kier molecular flexibility index (Phi) is 4.58. The second-order valence-corrected chi connectivity index (χ2v) is 7.81. The highest BCUT2D eigenvalue weighted by Gasteiger charge is 2.42. The lowest BCUT2D eigenvalue weighted by Gasteiger charge is -2.23. The van der Waals surface area contributed by atoms with Gasteiger partial charge in [-0.15, -0.1) is 0 Å². The Morgan fingerprint density at radius 2 is 1.92 bits per heavy atom. The first-order valence-corrected chi connectivity index (χ1v) is 8.99. The molecule has 1 unspecified atom stereocenters. The maximum absolute atomic E-state index is 13.3. The molecule has 128 valence electrons. The Bertz CT molecular complexity index is 812. The number of nitrogens with zero attached hydrogens (tertiary/aromatic N) is 1. The van der Waals surface area contributed by atoms with Gasteiger partial charge < -0.3 is 9.84 Å². The highest BCUT2D eigenvalue weighted by atomic mass is 32.2. The van der Waals surface area contributed by atoms with Crippen LogP contribution in [0.4, 0.5) is 4.39 Å². The quantitative estimate of drug-likeness (QED) is 0.895. The summed E-state index contributed by atoms with van der Waals surface area (Å²) in [6, 6.07) is 13.9. The standard InChI is InChI=1S/C17H18FNO4S/c18-14-5-4-8-16(11-14)24(21,22)19-10-9-17(20,12-19)13-23-15-6-2-1-3-7-15/h1-8,11,20H,9-10,12-13H2. The molecule has 1 saturated heterocycles. The van der Waals surface area contributed by atoms with Crippen LogP contribution in [-0.4, -0.2) is 43.1 Å². The molecule has 2 aromatic rings. The molecule has 1 N–H and O–H groups in total. The van der Waals surface area contributed by atoms with Crippen molar-refractivity contribution >= 4 is 10.0 Å². The minimum absolute atomic E-state index is 0.00775. The van der Waals surface area contributed by atoms with E-state index in [2.05, 4.69) is 0 Å². The monoisotopic (exact) mass is 351 g/mol. The minimum Gasteiger partial charge on any atom is -0.491 e. The normalized spacial score (nSPS) is 21.8. The molecule has 0 saturated carbocycles. The molecule has 0 bridgehead atoms. The van der Waals surface area contributed by atoms with Gasteiger partial charge in [0.05, 0.1) is 4.90 Å². The molecule has 0 radical (unpaired) electrons. The van der Waals surface area contributed by atoms with Crippen molar-refractivity contribution in [1.29, 1.82) is 0 Å². The zero-order chi connectivity index (χ0) is 17.2. The van der Waals surface area contributed by atoms with Gasteiger partial charge in [0.2, 0.25) is 10.0 Å². The average Bonchev–Trinajstić information content (AvgIpc) is 2.98. The number of rotatable bonds is 5. The summed E-state index contributed by atoms with van der Waals surface area (Å²) in [6.07, 6.45) is 0.258. The van der Waals surface area contributed by atoms with Gasteiger partial charge >= 0.3 is 0 Å². The summed E-state index contributed by atoms with van der Waals surface area (Å²) in [5.74, 6) is -0.00435. The molecule has 5 nitrogen and oxygen atoms in total. The van der Waals surface area contributed by atoms with Crippen LogP contribution < -0.4 is 4.74 Å². The van der Waals surface area contributed by atoms with Crippen LogP contribution >= 0.6 is 0 Å². The number of halogens is 1. The lowest BCUT2D eigenvalue weighted by Crippen LogP contribution is -2.40. The van der Waals surface area contributed by atoms with E-state index in [1.54, 1.807) is 12.1 Å². The Morgan fingerprint density at radius 1 is 1.17 bits per heavy atom. The number of para-hydroxylation sites is 1. The smallest absolute Gasteiger partial charge is 0.243 e. The van der Waals surface area contributed by atoms with Gasteiger partial charge in [0.25, 0.3) is 0 Å². The van der Waals surface area contributed by atoms with Crippen molar-refractivity contribution in [3.63, 3.8) is 0 Å². The van der Waals surface area contributed by atoms with Gasteiger partial charge in [-0.25, -0.2) is 12.8 Å². The van der Waals surface area contributed by atoms with Crippen LogP contribution in [0, 0.1) is 5.82 Å². The molecule has 1 atom stereocenters. The van der Waals surface area contributed by atoms with Crippen LogP contribution in [0.1, 0.15) is 6.42 Å². The first-order valence-electron chi connectivity index (χ1n) is 7.55. The lowest BCUT2D eigenvalue weighted by molar-refractivity contribution is 0.00875. The Balaban J connectivity index is 1.70. The van der Waals surface area contributed by atoms with E-state index in [0.29, 0.717) is 5.75 Å². The molecule has 1 aliphatic rings. The van der Waals surface area contributed by atoms with Crippen LogP contribution in [0.25, 0.3) is 0 Å². The van der Waals surface area contributed by atoms with Gasteiger partial charge in [0, 0.05) is 13.1 Å². The van der Waals surface area contributed by atoms with E-state index in [4.69, 9.17) is 4.74 Å². The van der Waals surface area contributed by atoms with E-state index >= 15 is 0 Å². The van der Waals surface area contributed by atoms with Crippen molar-refractivity contribution < 1.29 is 22.7 Å². The van der Waals surface area contributed by atoms with Crippen molar-refractivity contribution in [3.8, 4) is 5.75 Å². The molecule has 0 spiro atoms. The van der Waals surface area contributed by atoms with Gasteiger partial charge in [-0.05, 0) is 36.8 Å². The van der Waals surface area contributed by atoms with Gasteiger partial charge in [-0.1, -0.05) is 24.3 Å². The summed E-state index contributed by atoms with van der Waals surface area (Å²) in [4.78, 5) is -0.115. The number of benzene rings is 2. The van der Waals surface area contributed by atoms with Crippen LogP contribution in [-0.2, 0) is 10.0 Å². The lowest BCUT2D eigenvalue weighted by atomic mass is 10.1. The molecule has 1 heterocycles. The van der Waals surface area contributed by atoms with Crippen LogP contribution in [0.2, 0.25) is 0 Å². The molecule has 3 rings (SSSR count). The zero-order valence-corrected chi connectivity index (χ0v) is 13.7. The van der Waals surface area contributed by atoms with Crippen molar-refractivity contribution in [2.75, 3.05) is 19.7 Å². The van der Waals surface area contributed by atoms with E-state index in [9.17, 15) is 17.9 Å². The molecule has 1 aliphatic heterocycles. The van der Waals surface area contributed by atoms with Crippen molar-refractivity contribution in [2.45, 2.75) is 16.9 Å². The summed E-state index contributed by atoms with van der Waals surface area (Å²) in [5, 5.41) is 10.6. The van der Waals surface area contributed by atoms with Gasteiger partial charge in [-0.3, -0.25) is 0 Å². The average molecular weight is 351 g/mol. The van der Waals surface area contributed by atoms with Crippen molar-refractivity contribution in [3.05, 3.63) is 60.4 Å². The molecule has 0 aromatic heterocycles. The third-order valence-electron chi connectivity index (χ3n) is 3.98. The number of β-amino-alcohol motifs (C(OH)–C–C–N with tert-alkyl or cyclic N) is 1. The predicted octanol–water partition coefficient (Wildman–Crippen LogP) is 2.03. The Morgan fingerprint density at radius 3 is 2.62 bits per heavy atom. The number of aliphatic hydroxyl groups is 1. The summed E-state index contributed by atoms with van der Waals surface area (Å²) in [7, 11) is -3.84. The zero-order valence-electron chi connectivity index (χ0n) is 12.9. The van der Waals surface area contributed by atoms with Crippen LogP contribution in [0.3, 0.4) is 0 Å². The van der Waals surface area contributed by atoms with Crippen LogP contribution in [0.5, 0.6) is 5.75 Å². The van der Waals surface area contributed by atoms with Crippen molar-refractivity contribution in [1.82, 2.24) is 4.31 Å². The van der Waals surface area contributed by atoms with Gasteiger partial charge in [0.1, 0.15) is 23.8 Å². The predicted molar refractivity (Wildman–Crippen MR) is 86.7 cm³/mol. The Labute approximate surface area is 140 Å². The third-order valence-corrected chi connectivity index (χ3v) is 5.82. The van der Waals surface area contributed by atoms with Gasteiger partial charge in [0.15, 0.2) is 0 Å². The summed E-state index contributed by atoms with van der Waals surface area (Å²) >= 11 is 0. The Hall–Kier alpha value is -1.96. The fraction of sp³-hybridized carbons (Fsp3) is 0.294. The number of sulfonamides is 1. The van der Waals surface area contributed by atoms with E-state index in [1.807, 2.05) is 18.2 Å². The van der Waals surface area contributed by atoms with Gasteiger partial charge in [-0.2, -0.15) is 4.31 Å². The highest BCUT2D eigenvalue weighted by Crippen LogP contribution is 2.28. The molecule has 0 aliphatic carbocycles. The molecular formula is C17H18FNO4S.